The summed E-state index contributed by atoms with van der Waals surface area (Å²) in [4.78, 5) is 43.1. The molecule has 0 saturated carbocycles. The maximum Gasteiger partial charge on any atom is 0.228 e. The Morgan fingerprint density at radius 1 is 0.707 bits per heavy atom. The molecule has 0 aromatic heterocycles. The molecule has 4 aromatic rings. The molecular formula is C36H34N2O3. The number of amides is 2. The Morgan fingerprint density at radius 2 is 1.24 bits per heavy atom. The normalized spacial score (nSPS) is 16.1. The molecule has 2 amide bonds. The molecule has 0 bridgehead atoms. The topological polar surface area (TPSA) is 66.5 Å². The monoisotopic (exact) mass is 542 g/mol. The molecular weight excluding hydrogens is 508 g/mol. The Kier molecular flexibility index (Phi) is 8.85. The second kappa shape index (κ2) is 13.1. The van der Waals surface area contributed by atoms with Crippen LogP contribution in [0.3, 0.4) is 0 Å². The fourth-order valence-electron chi connectivity index (χ4n) is 5.36. The van der Waals surface area contributed by atoms with Crippen LogP contribution in [0.15, 0.2) is 121 Å². The van der Waals surface area contributed by atoms with Gasteiger partial charge in [-0.25, -0.2) is 0 Å². The zero-order valence-corrected chi connectivity index (χ0v) is 23.2. The molecule has 5 rings (SSSR count). The van der Waals surface area contributed by atoms with Crippen molar-refractivity contribution in [3.8, 4) is 0 Å². The molecule has 0 aliphatic heterocycles. The number of aryl methyl sites for hydroxylation is 1. The van der Waals surface area contributed by atoms with E-state index in [4.69, 9.17) is 0 Å². The SMILES string of the molecule is Cc1ccc(NC(=O)C2CC=CCC2C(=O)N(Cc2ccccc2)Cc2ccccc2)c(C(=O)c2ccccc2)c1. The van der Waals surface area contributed by atoms with E-state index in [0.29, 0.717) is 42.7 Å². The molecule has 206 valence electrons. The number of nitrogens with zero attached hydrogens (tertiary/aromatic N) is 1. The van der Waals surface area contributed by atoms with E-state index >= 15 is 0 Å². The van der Waals surface area contributed by atoms with Crippen molar-refractivity contribution in [2.24, 2.45) is 11.8 Å². The highest BCUT2D eigenvalue weighted by Gasteiger charge is 2.37. The summed E-state index contributed by atoms with van der Waals surface area (Å²) in [6.07, 6.45) is 4.91. The highest BCUT2D eigenvalue weighted by atomic mass is 16.2. The summed E-state index contributed by atoms with van der Waals surface area (Å²) in [5.74, 6) is -1.52. The van der Waals surface area contributed by atoms with Gasteiger partial charge < -0.3 is 10.2 Å². The van der Waals surface area contributed by atoms with Gasteiger partial charge in [0.05, 0.1) is 17.5 Å². The first-order valence-corrected chi connectivity index (χ1v) is 14.0. The Morgan fingerprint density at radius 3 is 1.83 bits per heavy atom. The molecule has 2 unspecified atom stereocenters. The zero-order chi connectivity index (χ0) is 28.6. The van der Waals surface area contributed by atoms with Crippen LogP contribution in [0.5, 0.6) is 0 Å². The maximum atomic E-state index is 14.1. The molecule has 0 saturated heterocycles. The molecule has 5 nitrogen and oxygen atoms in total. The minimum Gasteiger partial charge on any atom is -0.334 e. The molecule has 2 atom stereocenters. The number of carbonyl (C=O) groups is 3. The second-order valence-electron chi connectivity index (χ2n) is 10.6. The predicted octanol–water partition coefficient (Wildman–Crippen LogP) is 6.98. The first kappa shape index (κ1) is 27.8. The van der Waals surface area contributed by atoms with E-state index in [0.717, 1.165) is 16.7 Å². The van der Waals surface area contributed by atoms with Gasteiger partial charge in [-0.1, -0.05) is 115 Å². The van der Waals surface area contributed by atoms with E-state index in [1.165, 1.54) is 0 Å². The highest BCUT2D eigenvalue weighted by molar-refractivity contribution is 6.14. The van der Waals surface area contributed by atoms with Crippen molar-refractivity contribution in [1.29, 1.82) is 0 Å². The van der Waals surface area contributed by atoms with Gasteiger partial charge >= 0.3 is 0 Å². The molecule has 0 heterocycles. The van der Waals surface area contributed by atoms with Gasteiger partial charge in [0, 0.05) is 24.2 Å². The van der Waals surface area contributed by atoms with Crippen molar-refractivity contribution in [2.75, 3.05) is 5.32 Å². The summed E-state index contributed by atoms with van der Waals surface area (Å²) in [5.41, 5.74) is 4.45. The Balaban J connectivity index is 1.39. The Hall–Kier alpha value is -4.77. The summed E-state index contributed by atoms with van der Waals surface area (Å²) >= 11 is 0. The number of benzene rings is 4. The van der Waals surface area contributed by atoms with Gasteiger partial charge in [0.25, 0.3) is 0 Å². The summed E-state index contributed by atoms with van der Waals surface area (Å²) in [6.45, 7) is 2.83. The lowest BCUT2D eigenvalue weighted by Gasteiger charge is -2.32. The number of ketones is 1. The number of nitrogens with one attached hydrogen (secondary N) is 1. The van der Waals surface area contributed by atoms with Crippen molar-refractivity contribution in [2.45, 2.75) is 32.9 Å². The van der Waals surface area contributed by atoms with Crippen LogP contribution in [0.2, 0.25) is 0 Å². The third kappa shape index (κ3) is 6.87. The summed E-state index contributed by atoms with van der Waals surface area (Å²) in [5, 5.41) is 3.02. The van der Waals surface area contributed by atoms with Gasteiger partial charge in [0.2, 0.25) is 11.8 Å². The fourth-order valence-corrected chi connectivity index (χ4v) is 5.36. The van der Waals surface area contributed by atoms with Crippen LogP contribution < -0.4 is 5.32 Å². The average Bonchev–Trinajstić information content (AvgIpc) is 3.02. The molecule has 1 aliphatic rings. The van der Waals surface area contributed by atoms with E-state index in [2.05, 4.69) is 5.32 Å². The zero-order valence-electron chi connectivity index (χ0n) is 23.2. The fraction of sp³-hybridized carbons (Fsp3) is 0.194. The summed E-state index contributed by atoms with van der Waals surface area (Å²) in [6, 6.07) is 34.3. The molecule has 1 N–H and O–H groups in total. The van der Waals surface area contributed by atoms with Gasteiger partial charge in [0.15, 0.2) is 5.78 Å². The van der Waals surface area contributed by atoms with Crippen LogP contribution in [0.1, 0.15) is 45.5 Å². The number of rotatable bonds is 9. The second-order valence-corrected chi connectivity index (χ2v) is 10.6. The average molecular weight is 543 g/mol. The molecule has 41 heavy (non-hydrogen) atoms. The summed E-state index contributed by atoms with van der Waals surface area (Å²) < 4.78 is 0. The van der Waals surface area contributed by atoms with E-state index in [1.54, 1.807) is 24.3 Å². The molecule has 1 aliphatic carbocycles. The van der Waals surface area contributed by atoms with E-state index in [9.17, 15) is 14.4 Å². The van der Waals surface area contributed by atoms with Crippen LogP contribution in [-0.2, 0) is 22.7 Å². The number of carbonyl (C=O) groups excluding carboxylic acids is 3. The smallest absolute Gasteiger partial charge is 0.228 e. The van der Waals surface area contributed by atoms with Gasteiger partial charge in [0.1, 0.15) is 0 Å². The number of hydrogen-bond acceptors (Lipinski definition) is 3. The minimum atomic E-state index is -0.553. The van der Waals surface area contributed by atoms with Crippen LogP contribution in [0, 0.1) is 18.8 Å². The quantitative estimate of drug-likeness (QED) is 0.183. The van der Waals surface area contributed by atoms with Crippen molar-refractivity contribution < 1.29 is 14.4 Å². The van der Waals surface area contributed by atoms with Gasteiger partial charge in [-0.05, 0) is 43.0 Å². The van der Waals surface area contributed by atoms with Crippen LogP contribution in [-0.4, -0.2) is 22.5 Å². The van der Waals surface area contributed by atoms with Crippen LogP contribution >= 0.6 is 0 Å². The number of hydrogen-bond donors (Lipinski definition) is 1. The molecule has 5 heteroatoms. The minimum absolute atomic E-state index is 0.0494. The molecule has 0 fully saturated rings. The molecule has 0 radical (unpaired) electrons. The van der Waals surface area contributed by atoms with Crippen LogP contribution in [0.4, 0.5) is 5.69 Å². The third-order valence-electron chi connectivity index (χ3n) is 7.54. The summed E-state index contributed by atoms with van der Waals surface area (Å²) in [7, 11) is 0. The standard InChI is InChI=1S/C36H34N2O3/c1-26-21-22-33(32(23-26)34(39)29-17-9-4-10-18-29)37-35(40)30-19-11-12-20-31(30)36(41)38(24-27-13-5-2-6-14-27)25-28-15-7-3-8-16-28/h2-18,21-23,30-31H,19-20,24-25H2,1H3,(H,37,40). The van der Waals surface area contributed by atoms with Gasteiger partial charge in [-0.15, -0.1) is 0 Å². The van der Waals surface area contributed by atoms with Crippen molar-refractivity contribution >= 4 is 23.3 Å². The van der Waals surface area contributed by atoms with Crippen molar-refractivity contribution in [1.82, 2.24) is 4.90 Å². The van der Waals surface area contributed by atoms with E-state index in [1.807, 2.05) is 109 Å². The first-order valence-electron chi connectivity index (χ1n) is 14.0. The lowest BCUT2D eigenvalue weighted by atomic mass is 9.81. The van der Waals surface area contributed by atoms with Gasteiger partial charge in [-0.3, -0.25) is 14.4 Å². The van der Waals surface area contributed by atoms with Crippen molar-refractivity contribution in [3.63, 3.8) is 0 Å². The third-order valence-corrected chi connectivity index (χ3v) is 7.54. The number of anilines is 1. The highest BCUT2D eigenvalue weighted by Crippen LogP contribution is 2.31. The predicted molar refractivity (Wildman–Crippen MR) is 162 cm³/mol. The first-order chi connectivity index (χ1) is 20.0. The Bertz CT molecular complexity index is 1490. The largest absolute Gasteiger partial charge is 0.334 e. The van der Waals surface area contributed by atoms with E-state index in [-0.39, 0.29) is 17.6 Å². The van der Waals surface area contributed by atoms with Gasteiger partial charge in [-0.2, -0.15) is 0 Å². The lowest BCUT2D eigenvalue weighted by Crippen LogP contribution is -2.42. The number of allylic oxidation sites excluding steroid dienone is 2. The molecule has 0 spiro atoms. The maximum absolute atomic E-state index is 14.1. The molecule has 4 aromatic carbocycles. The Labute approximate surface area is 241 Å². The van der Waals surface area contributed by atoms with E-state index < -0.39 is 11.8 Å². The van der Waals surface area contributed by atoms with Crippen LogP contribution in [0.25, 0.3) is 0 Å². The lowest BCUT2D eigenvalue weighted by molar-refractivity contribution is -0.142. The van der Waals surface area contributed by atoms with Crippen molar-refractivity contribution in [3.05, 3.63) is 149 Å².